The quantitative estimate of drug-likeness (QED) is 0.605. The molecule has 0 bridgehead atoms. The highest BCUT2D eigenvalue weighted by Crippen LogP contribution is 2.64. The van der Waals surface area contributed by atoms with Gasteiger partial charge in [-0.15, -0.1) is 0 Å². The molecule has 0 saturated heterocycles. The lowest BCUT2D eigenvalue weighted by Crippen LogP contribution is -2.55. The molecular weight excluding hydrogens is 320 g/mol. The third-order valence-corrected chi connectivity index (χ3v) is 8.53. The van der Waals surface area contributed by atoms with Gasteiger partial charge in [-0.3, -0.25) is 9.59 Å². The number of carbonyl (C=O) groups is 2. The monoisotopic (exact) mass is 348 g/mol. The summed E-state index contributed by atoms with van der Waals surface area (Å²) in [5.74, 6) is 0.206. The minimum absolute atomic E-state index is 0.0741. The molecule has 11 atom stereocenters. The van der Waals surface area contributed by atoms with Crippen molar-refractivity contribution in [1.29, 1.82) is 0 Å². The molecule has 138 valence electrons. The van der Waals surface area contributed by atoms with Gasteiger partial charge in [-0.2, -0.15) is 0 Å². The van der Waals surface area contributed by atoms with Crippen LogP contribution in [-0.4, -0.2) is 45.2 Å². The van der Waals surface area contributed by atoms with Crippen molar-refractivity contribution in [2.24, 2.45) is 47.3 Å². The average molecular weight is 348 g/mol. The number of aliphatic hydroxyl groups is 3. The summed E-state index contributed by atoms with van der Waals surface area (Å²) in [5.41, 5.74) is 0. The Labute approximate surface area is 147 Å². The van der Waals surface area contributed by atoms with Crippen LogP contribution in [0.2, 0.25) is 0 Å². The maximum absolute atomic E-state index is 12.9. The highest BCUT2D eigenvalue weighted by atomic mass is 16.3. The van der Waals surface area contributed by atoms with Crippen LogP contribution >= 0.6 is 0 Å². The first kappa shape index (κ1) is 16.4. The fourth-order valence-electron chi connectivity index (χ4n) is 7.88. The molecule has 5 saturated carbocycles. The molecule has 5 nitrogen and oxygen atoms in total. The largest absolute Gasteiger partial charge is 0.392 e. The number of hydrogen-bond donors (Lipinski definition) is 3. The SMILES string of the molecule is O=C1C(O)C2C3CCC(O)C4C(=O)CCC(C34)C2C2CCCC(O)C12. The minimum atomic E-state index is -0.999. The van der Waals surface area contributed by atoms with E-state index in [0.717, 1.165) is 25.7 Å². The Bertz CT molecular complexity index is 603. The second-order valence-electron chi connectivity index (χ2n) is 9.27. The molecule has 0 amide bonds. The third kappa shape index (κ3) is 2.06. The number of carbonyl (C=O) groups excluding carboxylic acids is 2. The molecule has 5 heteroatoms. The van der Waals surface area contributed by atoms with Gasteiger partial charge in [-0.25, -0.2) is 0 Å². The zero-order chi connectivity index (χ0) is 17.5. The Kier molecular flexibility index (Phi) is 3.68. The molecule has 5 aliphatic carbocycles. The lowest BCUT2D eigenvalue weighted by Gasteiger charge is -2.48. The standard InChI is InChI=1S/C20H28O5/c21-11-3-1-2-8-14-9-4-6-12(22)18-13(23)7-5-10(15(9)18)17(14)20(25)19(24)16(8)11/h8-11,13-18,20-21,23,25H,1-7H2. The van der Waals surface area contributed by atoms with E-state index in [2.05, 4.69) is 0 Å². The van der Waals surface area contributed by atoms with E-state index in [1.54, 1.807) is 0 Å². The molecule has 0 aromatic heterocycles. The summed E-state index contributed by atoms with van der Waals surface area (Å²) < 4.78 is 0. The molecule has 11 unspecified atom stereocenters. The van der Waals surface area contributed by atoms with E-state index in [-0.39, 0.29) is 47.1 Å². The molecule has 0 aromatic carbocycles. The van der Waals surface area contributed by atoms with Crippen LogP contribution in [0.15, 0.2) is 0 Å². The van der Waals surface area contributed by atoms with Crippen molar-refractivity contribution >= 4 is 11.6 Å². The summed E-state index contributed by atoms with van der Waals surface area (Å²) in [6, 6.07) is 0. The summed E-state index contributed by atoms with van der Waals surface area (Å²) in [7, 11) is 0. The first-order chi connectivity index (χ1) is 12.0. The third-order valence-electron chi connectivity index (χ3n) is 8.53. The van der Waals surface area contributed by atoms with Crippen LogP contribution in [0.25, 0.3) is 0 Å². The van der Waals surface area contributed by atoms with Crippen molar-refractivity contribution < 1.29 is 24.9 Å². The van der Waals surface area contributed by atoms with Gasteiger partial charge in [0.25, 0.3) is 0 Å². The van der Waals surface area contributed by atoms with Crippen LogP contribution < -0.4 is 0 Å². The zero-order valence-electron chi connectivity index (χ0n) is 14.5. The van der Waals surface area contributed by atoms with Crippen molar-refractivity contribution in [2.75, 3.05) is 0 Å². The van der Waals surface area contributed by atoms with Crippen LogP contribution in [0.4, 0.5) is 0 Å². The van der Waals surface area contributed by atoms with Gasteiger partial charge in [-0.1, -0.05) is 6.42 Å². The van der Waals surface area contributed by atoms with Gasteiger partial charge in [-0.05, 0) is 67.6 Å². The Morgan fingerprint density at radius 1 is 0.680 bits per heavy atom. The van der Waals surface area contributed by atoms with E-state index in [1.165, 1.54) is 0 Å². The zero-order valence-corrected chi connectivity index (χ0v) is 14.5. The number of hydrogen-bond acceptors (Lipinski definition) is 5. The second kappa shape index (κ2) is 5.61. The van der Waals surface area contributed by atoms with Gasteiger partial charge in [0.05, 0.1) is 12.2 Å². The molecule has 0 aliphatic heterocycles. The molecule has 25 heavy (non-hydrogen) atoms. The maximum atomic E-state index is 12.9. The first-order valence-corrected chi connectivity index (χ1v) is 10.1. The van der Waals surface area contributed by atoms with Crippen molar-refractivity contribution in [3.8, 4) is 0 Å². The van der Waals surface area contributed by atoms with Crippen LogP contribution in [-0.2, 0) is 9.59 Å². The van der Waals surface area contributed by atoms with Gasteiger partial charge in [0.1, 0.15) is 11.9 Å². The Balaban J connectivity index is 1.58. The van der Waals surface area contributed by atoms with Crippen molar-refractivity contribution in [3.63, 3.8) is 0 Å². The summed E-state index contributed by atoms with van der Waals surface area (Å²) in [6.07, 6.45) is 3.08. The molecule has 0 spiro atoms. The molecule has 0 heterocycles. The summed E-state index contributed by atoms with van der Waals surface area (Å²) in [4.78, 5) is 25.4. The summed E-state index contributed by atoms with van der Waals surface area (Å²) >= 11 is 0. The number of ketones is 2. The van der Waals surface area contributed by atoms with Crippen molar-refractivity contribution in [2.45, 2.75) is 63.3 Å². The smallest absolute Gasteiger partial charge is 0.167 e. The Hall–Kier alpha value is -0.780. The molecule has 0 aromatic rings. The van der Waals surface area contributed by atoms with Crippen molar-refractivity contribution in [3.05, 3.63) is 0 Å². The fraction of sp³-hybridized carbons (Fsp3) is 0.900. The lowest BCUT2D eigenvalue weighted by molar-refractivity contribution is -0.158. The van der Waals surface area contributed by atoms with E-state index >= 15 is 0 Å². The predicted molar refractivity (Wildman–Crippen MR) is 88.3 cm³/mol. The molecule has 3 N–H and O–H groups in total. The highest BCUT2D eigenvalue weighted by Gasteiger charge is 2.66. The van der Waals surface area contributed by atoms with Gasteiger partial charge in [0.15, 0.2) is 5.78 Å². The van der Waals surface area contributed by atoms with E-state index in [1.807, 2.05) is 0 Å². The maximum Gasteiger partial charge on any atom is 0.167 e. The van der Waals surface area contributed by atoms with Crippen LogP contribution in [0.5, 0.6) is 0 Å². The van der Waals surface area contributed by atoms with Gasteiger partial charge >= 0.3 is 0 Å². The van der Waals surface area contributed by atoms with E-state index in [0.29, 0.717) is 25.2 Å². The first-order valence-electron chi connectivity index (χ1n) is 10.1. The molecular formula is C20H28O5. The fourth-order valence-corrected chi connectivity index (χ4v) is 7.88. The van der Waals surface area contributed by atoms with Crippen LogP contribution in [0, 0.1) is 47.3 Å². The number of aliphatic hydroxyl groups excluding tert-OH is 3. The Morgan fingerprint density at radius 2 is 1.40 bits per heavy atom. The van der Waals surface area contributed by atoms with Gasteiger partial charge in [0, 0.05) is 18.3 Å². The molecule has 5 fully saturated rings. The van der Waals surface area contributed by atoms with Crippen LogP contribution in [0.3, 0.4) is 0 Å². The number of Topliss-reactive ketones (excluding diaryl/α,β-unsaturated/α-hetero) is 2. The molecule has 0 radical (unpaired) electrons. The average Bonchev–Trinajstić information content (AvgIpc) is 2.92. The van der Waals surface area contributed by atoms with Gasteiger partial charge < -0.3 is 15.3 Å². The van der Waals surface area contributed by atoms with Gasteiger partial charge in [0.2, 0.25) is 0 Å². The van der Waals surface area contributed by atoms with E-state index < -0.39 is 24.2 Å². The molecule has 5 rings (SSSR count). The normalized spacial score (nSPS) is 57.6. The summed E-state index contributed by atoms with van der Waals surface area (Å²) in [6.45, 7) is 0. The van der Waals surface area contributed by atoms with E-state index in [9.17, 15) is 24.9 Å². The van der Waals surface area contributed by atoms with Crippen LogP contribution in [0.1, 0.15) is 44.9 Å². The minimum Gasteiger partial charge on any atom is -0.392 e. The summed E-state index contributed by atoms with van der Waals surface area (Å²) in [5, 5.41) is 31.8. The van der Waals surface area contributed by atoms with E-state index in [4.69, 9.17) is 0 Å². The molecule has 5 aliphatic rings. The second-order valence-corrected chi connectivity index (χ2v) is 9.27. The van der Waals surface area contributed by atoms with Crippen molar-refractivity contribution in [1.82, 2.24) is 0 Å². The lowest BCUT2D eigenvalue weighted by atomic mass is 9.57. The highest BCUT2D eigenvalue weighted by molar-refractivity contribution is 5.88. The Morgan fingerprint density at radius 3 is 2.20 bits per heavy atom. The predicted octanol–water partition coefficient (Wildman–Crippen LogP) is 0.936. The number of fused-ring (bicyclic) bond motifs is 5. The number of rotatable bonds is 0. The topological polar surface area (TPSA) is 94.8 Å².